The number of rotatable bonds is 7. The molecule has 12 heteroatoms. The van der Waals surface area contributed by atoms with E-state index in [-0.39, 0.29) is 24.2 Å². The van der Waals surface area contributed by atoms with Crippen molar-refractivity contribution < 1.29 is 9.53 Å². The molecule has 4 aromatic rings. The molecule has 0 atom stereocenters. The van der Waals surface area contributed by atoms with Crippen LogP contribution >= 0.6 is 0 Å². The van der Waals surface area contributed by atoms with Gasteiger partial charge < -0.3 is 9.30 Å². The molecule has 0 aliphatic carbocycles. The van der Waals surface area contributed by atoms with E-state index in [1.807, 2.05) is 26.8 Å². The molecule has 0 amide bonds. The van der Waals surface area contributed by atoms with Crippen LogP contribution in [0.3, 0.4) is 0 Å². The van der Waals surface area contributed by atoms with E-state index in [0.29, 0.717) is 24.0 Å². The fourth-order valence-corrected chi connectivity index (χ4v) is 3.55. The molecule has 0 saturated heterocycles. The number of esters is 1. The maximum absolute atomic E-state index is 12.4. The molecule has 12 nitrogen and oxygen atoms in total. The van der Waals surface area contributed by atoms with E-state index in [1.54, 1.807) is 11.6 Å². The van der Waals surface area contributed by atoms with E-state index in [9.17, 15) is 14.4 Å². The number of nitrogens with zero attached hydrogens (tertiary/aromatic N) is 7. The third-order valence-corrected chi connectivity index (χ3v) is 5.17. The van der Waals surface area contributed by atoms with Crippen molar-refractivity contribution in [2.75, 3.05) is 0 Å². The molecule has 0 saturated carbocycles. The number of unbranched alkanes of at least 4 members (excludes halogenated alkanes) is 1. The Labute approximate surface area is 181 Å². The van der Waals surface area contributed by atoms with Crippen LogP contribution in [-0.2, 0) is 36.2 Å². The van der Waals surface area contributed by atoms with Gasteiger partial charge in [-0.1, -0.05) is 13.3 Å². The van der Waals surface area contributed by atoms with Crippen molar-refractivity contribution >= 4 is 22.9 Å². The number of aromatic nitrogens is 8. The number of fused-ring (bicyclic) bond motifs is 2. The molecule has 0 radical (unpaired) electrons. The third-order valence-electron chi connectivity index (χ3n) is 5.17. The average Bonchev–Trinajstić information content (AvgIpc) is 3.27. The largest absolute Gasteiger partial charge is 0.457 e. The zero-order valence-electron chi connectivity index (χ0n) is 18.4. The highest BCUT2D eigenvalue weighted by Crippen LogP contribution is 2.12. The summed E-state index contributed by atoms with van der Waals surface area (Å²) in [5.74, 6) is 0.529. The minimum Gasteiger partial charge on any atom is -0.457 e. The van der Waals surface area contributed by atoms with Crippen molar-refractivity contribution in [3.05, 3.63) is 49.9 Å². The SMILES string of the molecule is CCCCn1c(=O)[nH]c(=O)c2c1nc(COC(=O)Cc1nc3nc(C)cc(C)n3n1)n2C. The average molecular weight is 440 g/mol. The van der Waals surface area contributed by atoms with Crippen molar-refractivity contribution in [1.29, 1.82) is 0 Å². The summed E-state index contributed by atoms with van der Waals surface area (Å²) in [6.07, 6.45) is 1.52. The Balaban J connectivity index is 1.54. The van der Waals surface area contributed by atoms with Gasteiger partial charge in [-0.05, 0) is 26.3 Å². The molecule has 0 aliphatic rings. The summed E-state index contributed by atoms with van der Waals surface area (Å²) >= 11 is 0. The Morgan fingerprint density at radius 2 is 1.97 bits per heavy atom. The van der Waals surface area contributed by atoms with E-state index < -0.39 is 17.2 Å². The third kappa shape index (κ3) is 3.90. The molecule has 0 unspecified atom stereocenters. The Hall–Kier alpha value is -3.83. The summed E-state index contributed by atoms with van der Waals surface area (Å²) < 4.78 is 9.89. The minimum absolute atomic E-state index is 0.131. The molecule has 4 heterocycles. The Morgan fingerprint density at radius 1 is 1.19 bits per heavy atom. The fraction of sp³-hybridized carbons (Fsp3) is 0.450. The van der Waals surface area contributed by atoms with Gasteiger partial charge in [-0.25, -0.2) is 19.3 Å². The summed E-state index contributed by atoms with van der Waals surface area (Å²) in [7, 11) is 1.64. The van der Waals surface area contributed by atoms with E-state index >= 15 is 0 Å². The highest BCUT2D eigenvalue weighted by Gasteiger charge is 2.18. The van der Waals surface area contributed by atoms with Crippen LogP contribution in [0, 0.1) is 13.8 Å². The van der Waals surface area contributed by atoms with Gasteiger partial charge in [-0.15, -0.1) is 5.10 Å². The molecule has 32 heavy (non-hydrogen) atoms. The van der Waals surface area contributed by atoms with Gasteiger partial charge in [0, 0.05) is 25.0 Å². The topological polar surface area (TPSA) is 142 Å². The lowest BCUT2D eigenvalue weighted by Crippen LogP contribution is -2.31. The predicted molar refractivity (Wildman–Crippen MR) is 114 cm³/mol. The number of aromatic amines is 1. The van der Waals surface area contributed by atoms with Crippen molar-refractivity contribution in [1.82, 2.24) is 38.7 Å². The van der Waals surface area contributed by atoms with E-state index in [0.717, 1.165) is 24.2 Å². The van der Waals surface area contributed by atoms with Crippen LogP contribution in [0.1, 0.15) is 42.8 Å². The monoisotopic (exact) mass is 440 g/mol. The number of ether oxygens (including phenoxy) is 1. The summed E-state index contributed by atoms with van der Waals surface area (Å²) in [4.78, 5) is 52.2. The van der Waals surface area contributed by atoms with E-state index in [1.165, 1.54) is 9.13 Å². The summed E-state index contributed by atoms with van der Waals surface area (Å²) in [5, 5.41) is 4.30. The number of nitrogens with one attached hydrogen (secondary N) is 1. The second kappa shape index (κ2) is 8.36. The lowest BCUT2D eigenvalue weighted by atomic mass is 10.3. The first-order chi connectivity index (χ1) is 15.3. The Bertz CT molecular complexity index is 1440. The maximum atomic E-state index is 12.4. The number of hydrogen-bond donors (Lipinski definition) is 1. The van der Waals surface area contributed by atoms with Crippen molar-refractivity contribution in [2.45, 2.75) is 53.2 Å². The molecule has 0 fully saturated rings. The highest BCUT2D eigenvalue weighted by molar-refractivity contribution is 5.72. The zero-order chi connectivity index (χ0) is 23.0. The molecule has 168 valence electrons. The Morgan fingerprint density at radius 3 is 2.72 bits per heavy atom. The van der Waals surface area contributed by atoms with Crippen LogP contribution in [0.5, 0.6) is 0 Å². The number of aryl methyl sites for hydroxylation is 4. The van der Waals surface area contributed by atoms with Gasteiger partial charge >= 0.3 is 11.7 Å². The van der Waals surface area contributed by atoms with Crippen LogP contribution in [0.2, 0.25) is 0 Å². The summed E-state index contributed by atoms with van der Waals surface area (Å²) in [5.41, 5.74) is 1.17. The maximum Gasteiger partial charge on any atom is 0.330 e. The first-order valence-electron chi connectivity index (χ1n) is 10.3. The second-order valence-corrected chi connectivity index (χ2v) is 7.64. The quantitative estimate of drug-likeness (QED) is 0.411. The molecule has 1 N–H and O–H groups in total. The lowest BCUT2D eigenvalue weighted by Gasteiger charge is -2.04. The van der Waals surface area contributed by atoms with Gasteiger partial charge in [0.25, 0.3) is 11.3 Å². The molecule has 4 aromatic heterocycles. The number of carbonyl (C=O) groups excluding carboxylic acids is 1. The van der Waals surface area contributed by atoms with E-state index in [4.69, 9.17) is 4.74 Å². The lowest BCUT2D eigenvalue weighted by molar-refractivity contribution is -0.144. The second-order valence-electron chi connectivity index (χ2n) is 7.64. The van der Waals surface area contributed by atoms with Crippen LogP contribution in [0.25, 0.3) is 16.9 Å². The van der Waals surface area contributed by atoms with Crippen LogP contribution < -0.4 is 11.2 Å². The molecule has 0 bridgehead atoms. The molecule has 0 aliphatic heterocycles. The summed E-state index contributed by atoms with van der Waals surface area (Å²) in [6.45, 7) is 6.03. The molecule has 4 rings (SSSR count). The van der Waals surface area contributed by atoms with Gasteiger partial charge in [-0.3, -0.25) is 19.1 Å². The number of carbonyl (C=O) groups is 1. The van der Waals surface area contributed by atoms with Gasteiger partial charge in [0.05, 0.1) is 0 Å². The minimum atomic E-state index is -0.542. The highest BCUT2D eigenvalue weighted by atomic mass is 16.5. The van der Waals surface area contributed by atoms with Crippen molar-refractivity contribution in [3.63, 3.8) is 0 Å². The number of hydrogen-bond acceptors (Lipinski definition) is 8. The van der Waals surface area contributed by atoms with Crippen LogP contribution in [0.15, 0.2) is 15.7 Å². The zero-order valence-corrected chi connectivity index (χ0v) is 18.4. The smallest absolute Gasteiger partial charge is 0.330 e. The number of imidazole rings is 1. The normalized spacial score (nSPS) is 11.5. The molecule has 0 spiro atoms. The Kier molecular flexibility index (Phi) is 5.59. The first-order valence-corrected chi connectivity index (χ1v) is 10.3. The summed E-state index contributed by atoms with van der Waals surface area (Å²) in [6, 6.07) is 1.87. The molecule has 0 aromatic carbocycles. The van der Waals surface area contributed by atoms with Crippen LogP contribution in [-0.4, -0.2) is 44.7 Å². The molecular weight excluding hydrogens is 416 g/mol. The predicted octanol–water partition coefficient (Wildman–Crippen LogP) is 0.564. The van der Waals surface area contributed by atoms with Crippen LogP contribution in [0.4, 0.5) is 0 Å². The van der Waals surface area contributed by atoms with E-state index in [2.05, 4.69) is 25.0 Å². The van der Waals surface area contributed by atoms with Gasteiger partial charge in [0.1, 0.15) is 18.9 Å². The van der Waals surface area contributed by atoms with Gasteiger partial charge in [-0.2, -0.15) is 4.98 Å². The van der Waals surface area contributed by atoms with Gasteiger partial charge in [0.15, 0.2) is 17.0 Å². The standard InChI is InChI=1S/C20H24N8O4/c1-5-6-7-27-17-16(18(30)24-20(27)31)26(4)14(23-17)10-32-15(29)9-13-22-19-21-11(2)8-12(3)28(19)25-13/h8H,5-7,9-10H2,1-4H3,(H,24,30,31). The van der Waals surface area contributed by atoms with Crippen molar-refractivity contribution in [2.24, 2.45) is 7.05 Å². The fourth-order valence-electron chi connectivity index (χ4n) is 3.55. The van der Waals surface area contributed by atoms with Gasteiger partial charge in [0.2, 0.25) is 0 Å². The number of H-pyrrole nitrogens is 1. The van der Waals surface area contributed by atoms with Crippen molar-refractivity contribution in [3.8, 4) is 0 Å². The molecular formula is C20H24N8O4. The first kappa shape index (κ1) is 21.4.